The van der Waals surface area contributed by atoms with E-state index < -0.39 is 12.8 Å². The number of alkyl halides is 3. The van der Waals surface area contributed by atoms with Gasteiger partial charge in [-0.25, -0.2) is 4.99 Å². The van der Waals surface area contributed by atoms with E-state index in [-0.39, 0.29) is 11.5 Å². The Kier molecular flexibility index (Phi) is 7.17. The van der Waals surface area contributed by atoms with Crippen LogP contribution in [0, 0.1) is 0 Å². The Bertz CT molecular complexity index is 637. The molecule has 2 N–H and O–H groups in total. The summed E-state index contributed by atoms with van der Waals surface area (Å²) in [6.45, 7) is 1.73. The fourth-order valence-corrected chi connectivity index (χ4v) is 2.51. The van der Waals surface area contributed by atoms with E-state index in [1.807, 2.05) is 6.92 Å². The van der Waals surface area contributed by atoms with Gasteiger partial charge in [-0.1, -0.05) is 18.2 Å². The normalized spacial score (nSPS) is 15.2. The highest BCUT2D eigenvalue weighted by Crippen LogP contribution is 2.30. The van der Waals surface area contributed by atoms with Crippen LogP contribution in [-0.2, 0) is 6.54 Å². The van der Waals surface area contributed by atoms with Gasteiger partial charge in [-0.2, -0.15) is 13.2 Å². The second kappa shape index (κ2) is 9.35. The second-order valence-electron chi connectivity index (χ2n) is 5.87. The van der Waals surface area contributed by atoms with Gasteiger partial charge in [-0.15, -0.1) is 0 Å². The van der Waals surface area contributed by atoms with Crippen molar-refractivity contribution in [3.05, 3.63) is 35.9 Å². The summed E-state index contributed by atoms with van der Waals surface area (Å²) >= 11 is 0. The van der Waals surface area contributed by atoms with Crippen LogP contribution in [0.1, 0.15) is 25.3 Å². The van der Waals surface area contributed by atoms with Gasteiger partial charge in [0.25, 0.3) is 0 Å². The third-order valence-electron chi connectivity index (χ3n) is 3.73. The molecule has 0 amide bonds. The highest BCUT2D eigenvalue weighted by atomic mass is 19.4. The fourth-order valence-electron chi connectivity index (χ4n) is 2.51. The number of hydrogen-bond acceptors (Lipinski definition) is 3. The van der Waals surface area contributed by atoms with Crippen molar-refractivity contribution in [3.63, 3.8) is 0 Å². The predicted molar refractivity (Wildman–Crippen MR) is 94.7 cm³/mol. The Morgan fingerprint density at radius 1 is 1.23 bits per heavy atom. The Morgan fingerprint density at radius 3 is 2.58 bits per heavy atom. The maximum Gasteiger partial charge on any atom is 0.422 e. The summed E-state index contributed by atoms with van der Waals surface area (Å²) < 4.78 is 46.8. The van der Waals surface area contributed by atoms with Crippen LogP contribution < -0.4 is 20.1 Å². The molecule has 8 heteroatoms. The van der Waals surface area contributed by atoms with E-state index in [2.05, 4.69) is 27.8 Å². The largest absolute Gasteiger partial charge is 0.493 e. The van der Waals surface area contributed by atoms with E-state index in [4.69, 9.17) is 9.47 Å². The summed E-state index contributed by atoms with van der Waals surface area (Å²) in [5, 5.41) is 6.55. The number of ether oxygens (including phenoxy) is 2. The molecule has 1 aliphatic carbocycles. The number of guanidine groups is 1. The van der Waals surface area contributed by atoms with Crippen LogP contribution in [0.15, 0.2) is 35.3 Å². The molecule has 0 saturated heterocycles. The number of nitrogens with one attached hydrogen (secondary N) is 2. The van der Waals surface area contributed by atoms with Crippen LogP contribution in [0.2, 0.25) is 0 Å². The first-order chi connectivity index (χ1) is 12.4. The summed E-state index contributed by atoms with van der Waals surface area (Å²) in [4.78, 5) is 4.53. The zero-order valence-corrected chi connectivity index (χ0v) is 14.9. The molecular formula is C18H24F3N3O2. The molecule has 26 heavy (non-hydrogen) atoms. The quantitative estimate of drug-likeness (QED) is 0.438. The van der Waals surface area contributed by atoms with E-state index in [1.165, 1.54) is 13.2 Å². The number of hydrogen-bond donors (Lipinski definition) is 2. The topological polar surface area (TPSA) is 54.9 Å². The molecule has 0 fully saturated rings. The molecule has 0 radical (unpaired) electrons. The molecule has 0 aliphatic heterocycles. The average Bonchev–Trinajstić information content (AvgIpc) is 3.10. The summed E-state index contributed by atoms with van der Waals surface area (Å²) in [6, 6.07) is 5.12. The standard InChI is InChI=1S/C18H24F3N3O2/c1-3-22-17(24-14-6-4-5-7-14)23-11-13-8-9-15(16(10-13)25-2)26-12-18(19,20)21/h4-5,8-10,14H,3,6-7,11-12H2,1-2H3,(H2,22,23,24). The van der Waals surface area contributed by atoms with Gasteiger partial charge in [0.2, 0.25) is 0 Å². The summed E-state index contributed by atoms with van der Waals surface area (Å²) in [7, 11) is 1.39. The van der Waals surface area contributed by atoms with Crippen molar-refractivity contribution in [2.75, 3.05) is 20.3 Å². The van der Waals surface area contributed by atoms with Crippen molar-refractivity contribution >= 4 is 5.96 Å². The molecule has 0 heterocycles. The highest BCUT2D eigenvalue weighted by molar-refractivity contribution is 5.80. The Hall–Kier alpha value is -2.38. The molecule has 1 aromatic rings. The summed E-state index contributed by atoms with van der Waals surface area (Å²) in [5.74, 6) is 1.01. The molecule has 1 aromatic carbocycles. The molecule has 0 saturated carbocycles. The third-order valence-corrected chi connectivity index (χ3v) is 3.73. The van der Waals surface area contributed by atoms with Gasteiger partial charge in [-0.3, -0.25) is 0 Å². The van der Waals surface area contributed by atoms with Crippen molar-refractivity contribution in [2.24, 2.45) is 4.99 Å². The lowest BCUT2D eigenvalue weighted by Gasteiger charge is -2.17. The molecule has 0 unspecified atom stereocenters. The van der Waals surface area contributed by atoms with Crippen molar-refractivity contribution in [1.82, 2.24) is 10.6 Å². The number of rotatable bonds is 7. The summed E-state index contributed by atoms with van der Waals surface area (Å²) in [6.07, 6.45) is 1.79. The van der Waals surface area contributed by atoms with Crippen LogP contribution in [0.25, 0.3) is 0 Å². The Balaban J connectivity index is 2.02. The Morgan fingerprint density at radius 2 is 1.96 bits per heavy atom. The number of halogens is 3. The SMILES string of the molecule is CCNC(=NCc1ccc(OCC(F)(F)F)c(OC)c1)NC1CC=CC1. The zero-order chi connectivity index (χ0) is 19.0. The number of benzene rings is 1. The molecule has 5 nitrogen and oxygen atoms in total. The minimum absolute atomic E-state index is 0.0552. The van der Waals surface area contributed by atoms with Crippen molar-refractivity contribution in [2.45, 2.75) is 38.5 Å². The first-order valence-electron chi connectivity index (χ1n) is 8.47. The third kappa shape index (κ3) is 6.50. The van der Waals surface area contributed by atoms with Crippen LogP contribution in [0.3, 0.4) is 0 Å². The molecule has 144 valence electrons. The van der Waals surface area contributed by atoms with Gasteiger partial charge >= 0.3 is 6.18 Å². The molecular weight excluding hydrogens is 347 g/mol. The smallest absolute Gasteiger partial charge is 0.422 e. The average molecular weight is 371 g/mol. The maximum atomic E-state index is 12.3. The number of aliphatic imine (C=N–C) groups is 1. The van der Waals surface area contributed by atoms with E-state index >= 15 is 0 Å². The first kappa shape index (κ1) is 19.9. The van der Waals surface area contributed by atoms with Gasteiger partial charge in [0.15, 0.2) is 24.1 Å². The van der Waals surface area contributed by atoms with Gasteiger partial charge in [0, 0.05) is 12.6 Å². The predicted octanol–water partition coefficient (Wildman–Crippen LogP) is 3.41. The molecule has 0 atom stereocenters. The van der Waals surface area contributed by atoms with Crippen molar-refractivity contribution < 1.29 is 22.6 Å². The van der Waals surface area contributed by atoms with E-state index in [0.717, 1.165) is 24.9 Å². The van der Waals surface area contributed by atoms with Gasteiger partial charge in [0.05, 0.1) is 13.7 Å². The van der Waals surface area contributed by atoms with Crippen LogP contribution in [-0.4, -0.2) is 38.4 Å². The zero-order valence-electron chi connectivity index (χ0n) is 14.9. The molecule has 0 bridgehead atoms. The lowest BCUT2D eigenvalue weighted by atomic mass is 10.2. The monoisotopic (exact) mass is 371 g/mol. The number of nitrogens with zero attached hydrogens (tertiary/aromatic N) is 1. The van der Waals surface area contributed by atoms with E-state index in [9.17, 15) is 13.2 Å². The number of methoxy groups -OCH3 is 1. The molecule has 2 rings (SSSR count). The second-order valence-corrected chi connectivity index (χ2v) is 5.87. The van der Waals surface area contributed by atoms with Gasteiger partial charge < -0.3 is 20.1 Å². The maximum absolute atomic E-state index is 12.3. The van der Waals surface area contributed by atoms with Crippen LogP contribution in [0.4, 0.5) is 13.2 Å². The van der Waals surface area contributed by atoms with Gasteiger partial charge in [-0.05, 0) is 37.5 Å². The lowest BCUT2D eigenvalue weighted by Crippen LogP contribution is -2.42. The molecule has 0 aromatic heterocycles. The highest BCUT2D eigenvalue weighted by Gasteiger charge is 2.29. The van der Waals surface area contributed by atoms with Crippen molar-refractivity contribution in [1.29, 1.82) is 0 Å². The first-order valence-corrected chi connectivity index (χ1v) is 8.47. The lowest BCUT2D eigenvalue weighted by molar-refractivity contribution is -0.153. The Labute approximate surface area is 151 Å². The molecule has 0 spiro atoms. The van der Waals surface area contributed by atoms with E-state index in [0.29, 0.717) is 18.5 Å². The van der Waals surface area contributed by atoms with Crippen molar-refractivity contribution in [3.8, 4) is 11.5 Å². The fraction of sp³-hybridized carbons (Fsp3) is 0.500. The minimum atomic E-state index is -4.39. The summed E-state index contributed by atoms with van der Waals surface area (Å²) in [5.41, 5.74) is 0.808. The van der Waals surface area contributed by atoms with E-state index in [1.54, 1.807) is 12.1 Å². The van der Waals surface area contributed by atoms with Gasteiger partial charge in [0.1, 0.15) is 0 Å². The van der Waals surface area contributed by atoms with Crippen LogP contribution in [0.5, 0.6) is 11.5 Å². The molecule has 1 aliphatic rings. The van der Waals surface area contributed by atoms with Crippen LogP contribution >= 0.6 is 0 Å². The minimum Gasteiger partial charge on any atom is -0.493 e.